The fraction of sp³-hybridized carbons (Fsp3) is 0.375. The third kappa shape index (κ3) is 3.72. The first-order valence-corrected chi connectivity index (χ1v) is 10.3. The lowest BCUT2D eigenvalue weighted by Gasteiger charge is -2.40. The second kappa shape index (κ2) is 7.10. The van der Waals surface area contributed by atoms with E-state index in [9.17, 15) is 14.3 Å². The number of carbonyl (C=O) groups excluding carboxylic acids is 1. The van der Waals surface area contributed by atoms with Crippen molar-refractivity contribution in [1.82, 2.24) is 0 Å². The largest absolute Gasteiger partial charge is 0.508 e. The van der Waals surface area contributed by atoms with Gasteiger partial charge < -0.3 is 14.6 Å². The quantitative estimate of drug-likeness (QED) is 0.595. The van der Waals surface area contributed by atoms with Gasteiger partial charge in [-0.25, -0.2) is 4.39 Å². The van der Waals surface area contributed by atoms with Crippen molar-refractivity contribution in [2.24, 2.45) is 0 Å². The zero-order valence-corrected chi connectivity index (χ0v) is 18.1. The highest BCUT2D eigenvalue weighted by molar-refractivity contribution is 6.30. The van der Waals surface area contributed by atoms with E-state index < -0.39 is 17.0 Å². The van der Waals surface area contributed by atoms with Crippen LogP contribution in [0.25, 0.3) is 5.57 Å². The summed E-state index contributed by atoms with van der Waals surface area (Å²) in [7, 11) is 0. The number of rotatable bonds is 4. The average Bonchev–Trinajstić information content (AvgIpc) is 3.48. The molecule has 1 aliphatic carbocycles. The van der Waals surface area contributed by atoms with Crippen LogP contribution in [0.15, 0.2) is 42.2 Å². The van der Waals surface area contributed by atoms with Crippen LogP contribution in [0, 0.1) is 5.82 Å². The summed E-state index contributed by atoms with van der Waals surface area (Å²) in [5, 5.41) is 10.9. The Morgan fingerprint density at radius 3 is 2.33 bits per heavy atom. The molecule has 1 aliphatic heterocycles. The molecule has 6 heteroatoms. The summed E-state index contributed by atoms with van der Waals surface area (Å²) >= 11 is 5.86. The first-order chi connectivity index (χ1) is 14.0. The lowest BCUT2D eigenvalue weighted by atomic mass is 9.81. The first-order valence-electron chi connectivity index (χ1n) is 9.95. The maximum atomic E-state index is 13.5. The number of aliphatic hydroxyl groups is 1. The van der Waals surface area contributed by atoms with Crippen LogP contribution in [0.1, 0.15) is 57.6 Å². The molecular formula is C24H24ClFO4. The molecule has 0 radical (unpaired) electrons. The standard InChI is InChI=1S/C24H24ClFO4/c1-23(2)21(27)20(22(28)24(3,4)30-23)17-11-14(7-9-16(17)13-5-6-13)29-15-8-10-19(26)18(25)12-15/h7-13,27H,5-6H2,1-4H3. The third-order valence-electron chi connectivity index (χ3n) is 5.53. The molecule has 0 saturated heterocycles. The zero-order chi connectivity index (χ0) is 21.8. The normalized spacial score (nSPS) is 20.4. The van der Waals surface area contributed by atoms with Crippen LogP contribution >= 0.6 is 11.6 Å². The van der Waals surface area contributed by atoms with Gasteiger partial charge in [-0.2, -0.15) is 0 Å². The van der Waals surface area contributed by atoms with Gasteiger partial charge in [0.2, 0.25) is 0 Å². The summed E-state index contributed by atoms with van der Waals surface area (Å²) in [5.74, 6) is 0.299. The van der Waals surface area contributed by atoms with E-state index in [0.717, 1.165) is 18.4 Å². The van der Waals surface area contributed by atoms with Crippen molar-refractivity contribution >= 4 is 23.0 Å². The van der Waals surface area contributed by atoms with E-state index in [4.69, 9.17) is 21.1 Å². The highest BCUT2D eigenvalue weighted by atomic mass is 35.5. The molecule has 2 aliphatic rings. The molecule has 0 amide bonds. The number of aliphatic hydroxyl groups excluding tert-OH is 1. The van der Waals surface area contributed by atoms with Crippen molar-refractivity contribution in [3.05, 3.63) is 64.1 Å². The van der Waals surface area contributed by atoms with Gasteiger partial charge >= 0.3 is 0 Å². The Hall–Kier alpha value is -2.37. The van der Waals surface area contributed by atoms with Crippen molar-refractivity contribution in [3.63, 3.8) is 0 Å². The van der Waals surface area contributed by atoms with Crippen LogP contribution in [-0.4, -0.2) is 22.1 Å². The van der Waals surface area contributed by atoms with Crippen molar-refractivity contribution < 1.29 is 23.8 Å². The molecule has 2 aromatic carbocycles. The summed E-state index contributed by atoms with van der Waals surface area (Å²) < 4.78 is 25.2. The second-order valence-corrected chi connectivity index (χ2v) is 9.28. The van der Waals surface area contributed by atoms with E-state index in [0.29, 0.717) is 23.0 Å². The van der Waals surface area contributed by atoms with Crippen molar-refractivity contribution in [2.75, 3.05) is 0 Å². The van der Waals surface area contributed by atoms with Gasteiger partial charge in [0.1, 0.15) is 34.3 Å². The van der Waals surface area contributed by atoms with Crippen LogP contribution in [0.5, 0.6) is 11.5 Å². The monoisotopic (exact) mass is 430 g/mol. The Labute approximate surface area is 180 Å². The van der Waals surface area contributed by atoms with Gasteiger partial charge in [0, 0.05) is 6.07 Å². The first kappa shape index (κ1) is 20.9. The number of halogens is 2. The Morgan fingerprint density at radius 1 is 1.07 bits per heavy atom. The number of carbonyl (C=O) groups is 1. The molecule has 1 heterocycles. The van der Waals surface area contributed by atoms with Gasteiger partial charge in [0.05, 0.1) is 10.6 Å². The van der Waals surface area contributed by atoms with Crippen LogP contribution in [0.3, 0.4) is 0 Å². The van der Waals surface area contributed by atoms with Gasteiger partial charge in [-0.15, -0.1) is 0 Å². The van der Waals surface area contributed by atoms with E-state index in [-0.39, 0.29) is 22.1 Å². The summed E-state index contributed by atoms with van der Waals surface area (Å²) in [5.41, 5.74) is -0.166. The molecular weight excluding hydrogens is 407 g/mol. The van der Waals surface area contributed by atoms with E-state index >= 15 is 0 Å². The van der Waals surface area contributed by atoms with Gasteiger partial charge in [0.15, 0.2) is 5.78 Å². The lowest BCUT2D eigenvalue weighted by Crippen LogP contribution is -2.49. The lowest BCUT2D eigenvalue weighted by molar-refractivity contribution is -0.158. The minimum absolute atomic E-state index is 0.0363. The predicted octanol–water partition coefficient (Wildman–Crippen LogP) is 6.57. The Kier molecular flexibility index (Phi) is 4.94. The molecule has 0 spiro atoms. The third-order valence-corrected chi connectivity index (χ3v) is 5.82. The molecule has 4 rings (SSSR count). The minimum atomic E-state index is -1.08. The smallest absolute Gasteiger partial charge is 0.198 e. The van der Waals surface area contributed by atoms with E-state index in [1.807, 2.05) is 12.1 Å². The Balaban J connectivity index is 1.82. The highest BCUT2D eigenvalue weighted by Gasteiger charge is 2.48. The molecule has 30 heavy (non-hydrogen) atoms. The molecule has 4 nitrogen and oxygen atoms in total. The molecule has 2 aromatic rings. The molecule has 1 saturated carbocycles. The van der Waals surface area contributed by atoms with Crippen molar-refractivity contribution in [1.29, 1.82) is 0 Å². The van der Waals surface area contributed by atoms with Crippen LogP contribution in [0.4, 0.5) is 4.39 Å². The predicted molar refractivity (Wildman–Crippen MR) is 114 cm³/mol. The molecule has 1 fully saturated rings. The van der Waals surface area contributed by atoms with E-state index in [1.54, 1.807) is 33.8 Å². The summed E-state index contributed by atoms with van der Waals surface area (Å²) in [6, 6.07) is 9.61. The fourth-order valence-electron chi connectivity index (χ4n) is 3.93. The second-order valence-electron chi connectivity index (χ2n) is 8.88. The molecule has 158 valence electrons. The van der Waals surface area contributed by atoms with Gasteiger partial charge in [-0.1, -0.05) is 17.7 Å². The molecule has 0 atom stereocenters. The maximum absolute atomic E-state index is 13.5. The molecule has 0 bridgehead atoms. The number of benzene rings is 2. The number of hydrogen-bond donors (Lipinski definition) is 1. The summed E-state index contributed by atoms with van der Waals surface area (Å²) in [6.07, 6.45) is 2.07. The SMILES string of the molecule is CC1(C)OC(C)(C)C(O)=C(c2cc(Oc3ccc(F)c(Cl)c3)ccc2C2CC2)C1=O. The zero-order valence-electron chi connectivity index (χ0n) is 17.4. The van der Waals surface area contributed by atoms with Crippen LogP contribution < -0.4 is 4.74 Å². The summed E-state index contributed by atoms with van der Waals surface area (Å²) in [6.45, 7) is 6.91. The number of ether oxygens (including phenoxy) is 2. The fourth-order valence-corrected chi connectivity index (χ4v) is 4.10. The van der Waals surface area contributed by atoms with Gasteiger partial charge in [0.25, 0.3) is 0 Å². The molecule has 0 unspecified atom stereocenters. The van der Waals surface area contributed by atoms with Crippen LogP contribution in [-0.2, 0) is 9.53 Å². The van der Waals surface area contributed by atoms with Crippen molar-refractivity contribution in [3.8, 4) is 11.5 Å². The molecule has 1 N–H and O–H groups in total. The van der Waals surface area contributed by atoms with E-state index in [2.05, 4.69) is 0 Å². The number of Topliss-reactive ketones (excluding diaryl/α,β-unsaturated/α-hetero) is 1. The van der Waals surface area contributed by atoms with E-state index in [1.165, 1.54) is 18.2 Å². The number of ketones is 1. The topological polar surface area (TPSA) is 55.8 Å². The Morgan fingerprint density at radius 2 is 1.70 bits per heavy atom. The van der Waals surface area contributed by atoms with Gasteiger partial charge in [-0.05, 0) is 81.8 Å². The minimum Gasteiger partial charge on any atom is -0.508 e. The molecule has 0 aromatic heterocycles. The average molecular weight is 431 g/mol. The maximum Gasteiger partial charge on any atom is 0.198 e. The van der Waals surface area contributed by atoms with Crippen molar-refractivity contribution in [2.45, 2.75) is 57.7 Å². The summed E-state index contributed by atoms with van der Waals surface area (Å²) in [4.78, 5) is 13.2. The Bertz CT molecular complexity index is 1070. The highest BCUT2D eigenvalue weighted by Crippen LogP contribution is 2.48. The van der Waals surface area contributed by atoms with Crippen LogP contribution in [0.2, 0.25) is 5.02 Å². The van der Waals surface area contributed by atoms with Gasteiger partial charge in [-0.3, -0.25) is 4.79 Å². The number of hydrogen-bond acceptors (Lipinski definition) is 4.